The van der Waals surface area contributed by atoms with Crippen molar-refractivity contribution in [3.63, 3.8) is 0 Å². The zero-order valence-corrected chi connectivity index (χ0v) is 15.4. The summed E-state index contributed by atoms with van der Waals surface area (Å²) in [6.45, 7) is 1.82. The molecule has 0 saturated carbocycles. The Hall–Kier alpha value is -2.80. The van der Waals surface area contributed by atoms with Gasteiger partial charge in [-0.15, -0.1) is 0 Å². The average Bonchev–Trinajstić information content (AvgIpc) is 3.17. The van der Waals surface area contributed by atoms with E-state index in [1.54, 1.807) is 6.20 Å². The fraction of sp³-hybridized carbons (Fsp3) is 0.400. The minimum absolute atomic E-state index is 0.283. The molecule has 2 amide bonds. The van der Waals surface area contributed by atoms with Crippen molar-refractivity contribution in [3.05, 3.63) is 42.1 Å². The third kappa shape index (κ3) is 2.31. The highest BCUT2D eigenvalue weighted by Crippen LogP contribution is 2.50. The Morgan fingerprint density at radius 2 is 2.04 bits per heavy atom. The van der Waals surface area contributed by atoms with Crippen molar-refractivity contribution in [1.29, 1.82) is 0 Å². The van der Waals surface area contributed by atoms with Gasteiger partial charge < -0.3 is 4.74 Å². The maximum absolute atomic E-state index is 12.9. The number of fused-ring (bicyclic) bond motifs is 2. The lowest BCUT2D eigenvalue weighted by Crippen LogP contribution is -2.55. The molecule has 1 N–H and O–H groups in total. The number of amides is 2. The average molecular weight is 367 g/mol. The smallest absolute Gasteiger partial charge is 0.326 e. The Morgan fingerprint density at radius 1 is 1.30 bits per heavy atom. The van der Waals surface area contributed by atoms with Crippen LogP contribution in [0.2, 0.25) is 0 Å². The van der Waals surface area contributed by atoms with Crippen molar-refractivity contribution < 1.29 is 19.1 Å². The van der Waals surface area contributed by atoms with E-state index in [0.717, 1.165) is 21.4 Å². The summed E-state index contributed by atoms with van der Waals surface area (Å²) in [4.78, 5) is 44.0. The number of hydrogen-bond acceptors (Lipinski definition) is 6. The number of likely N-dealkylation sites (tertiary alicyclic amines) is 1. The molecule has 2 aromatic rings. The number of pyridine rings is 1. The Morgan fingerprint density at radius 3 is 2.74 bits per heavy atom. The molecule has 2 aliphatic heterocycles. The summed E-state index contributed by atoms with van der Waals surface area (Å²) in [5.41, 5.74) is 0.392. The molecule has 7 heteroatoms. The van der Waals surface area contributed by atoms with E-state index in [1.165, 1.54) is 14.2 Å². The van der Waals surface area contributed by atoms with Crippen LogP contribution in [0.5, 0.6) is 0 Å². The summed E-state index contributed by atoms with van der Waals surface area (Å²) < 4.78 is 5.01. The van der Waals surface area contributed by atoms with Crippen LogP contribution >= 0.6 is 0 Å². The van der Waals surface area contributed by atoms with Crippen LogP contribution in [-0.4, -0.2) is 47.4 Å². The first kappa shape index (κ1) is 17.6. The van der Waals surface area contributed by atoms with Crippen LogP contribution in [0.4, 0.5) is 0 Å². The van der Waals surface area contributed by atoms with Gasteiger partial charge in [0.15, 0.2) is 0 Å². The minimum Gasteiger partial charge on any atom is -0.468 e. The quantitative estimate of drug-likeness (QED) is 0.652. The second kappa shape index (κ2) is 6.13. The van der Waals surface area contributed by atoms with Gasteiger partial charge in [0.2, 0.25) is 11.8 Å². The van der Waals surface area contributed by atoms with E-state index in [9.17, 15) is 14.4 Å². The number of carbonyl (C=O) groups is 3. The van der Waals surface area contributed by atoms with Crippen LogP contribution in [0.3, 0.4) is 0 Å². The number of carbonyl (C=O) groups excluding carboxylic acids is 3. The van der Waals surface area contributed by atoms with Gasteiger partial charge in [-0.3, -0.25) is 29.6 Å². The lowest BCUT2D eigenvalue weighted by molar-refractivity contribution is -0.154. The molecule has 3 heterocycles. The molecule has 0 spiro atoms. The van der Waals surface area contributed by atoms with Crippen LogP contribution in [0.25, 0.3) is 10.9 Å². The van der Waals surface area contributed by atoms with Crippen molar-refractivity contribution >= 4 is 28.7 Å². The molecule has 1 aromatic heterocycles. The molecular formula is C20H21N3O4. The van der Waals surface area contributed by atoms with Gasteiger partial charge in [0, 0.05) is 24.7 Å². The molecule has 2 fully saturated rings. The fourth-order valence-electron chi connectivity index (χ4n) is 4.53. The maximum atomic E-state index is 12.9. The highest BCUT2D eigenvalue weighted by molar-refractivity contribution is 6.09. The molecule has 7 nitrogen and oxygen atoms in total. The number of benzene rings is 1. The molecule has 2 aliphatic rings. The molecule has 0 unspecified atom stereocenters. The lowest BCUT2D eigenvalue weighted by Gasteiger charge is -2.30. The Balaban J connectivity index is 1.86. The van der Waals surface area contributed by atoms with Crippen LogP contribution in [-0.2, 0) is 19.1 Å². The highest BCUT2D eigenvalue weighted by Gasteiger charge is 2.67. The molecule has 27 heavy (non-hydrogen) atoms. The summed E-state index contributed by atoms with van der Waals surface area (Å²) in [5.74, 6) is -2.60. The number of imide groups is 1. The number of rotatable bonds is 3. The second-order valence-corrected chi connectivity index (χ2v) is 7.14. The van der Waals surface area contributed by atoms with Gasteiger partial charge in [0.1, 0.15) is 5.54 Å². The van der Waals surface area contributed by atoms with Gasteiger partial charge in [-0.1, -0.05) is 25.1 Å². The van der Waals surface area contributed by atoms with E-state index >= 15 is 0 Å². The van der Waals surface area contributed by atoms with Crippen molar-refractivity contribution in [2.24, 2.45) is 11.8 Å². The van der Waals surface area contributed by atoms with Crippen molar-refractivity contribution in [2.75, 3.05) is 14.2 Å². The Kier molecular flexibility index (Phi) is 3.99. The molecule has 0 aliphatic carbocycles. The predicted molar refractivity (Wildman–Crippen MR) is 97.4 cm³/mol. The molecule has 1 aromatic carbocycles. The molecule has 4 rings (SSSR count). The van der Waals surface area contributed by atoms with E-state index in [4.69, 9.17) is 4.74 Å². The van der Waals surface area contributed by atoms with Gasteiger partial charge in [0.05, 0.1) is 24.5 Å². The van der Waals surface area contributed by atoms with Crippen LogP contribution in [0, 0.1) is 11.8 Å². The monoisotopic (exact) mass is 367 g/mol. The van der Waals surface area contributed by atoms with E-state index in [2.05, 4.69) is 10.3 Å². The normalized spacial score (nSPS) is 30.0. The summed E-state index contributed by atoms with van der Waals surface area (Å²) in [5, 5.41) is 4.22. The number of nitrogens with zero attached hydrogens (tertiary/aromatic N) is 2. The summed E-state index contributed by atoms with van der Waals surface area (Å²) >= 11 is 0. The Labute approximate surface area is 156 Å². The van der Waals surface area contributed by atoms with Gasteiger partial charge in [-0.2, -0.15) is 0 Å². The third-order valence-corrected chi connectivity index (χ3v) is 5.95. The number of para-hydroxylation sites is 1. The number of methoxy groups -OCH3 is 1. The summed E-state index contributed by atoms with van der Waals surface area (Å²) in [6.07, 6.45) is 2.04. The van der Waals surface area contributed by atoms with Crippen LogP contribution < -0.4 is 5.32 Å². The standard InChI is InChI=1S/C20H21N3O4/c1-4-20(19(26)27-3)15-14(17(24)23(2)18(15)25)16(22-20)12-9-11-7-5-6-8-13(11)21-10-12/h5-10,14-16,22H,4H2,1-3H3/t14-,15-,16-,20-/m1/s1. The Bertz CT molecular complexity index is 959. The molecule has 2 saturated heterocycles. The van der Waals surface area contributed by atoms with Gasteiger partial charge in [-0.05, 0) is 24.1 Å². The fourth-order valence-corrected chi connectivity index (χ4v) is 4.53. The first-order valence-corrected chi connectivity index (χ1v) is 8.97. The van der Waals surface area contributed by atoms with E-state index in [1.807, 2.05) is 37.3 Å². The third-order valence-electron chi connectivity index (χ3n) is 5.95. The zero-order chi connectivity index (χ0) is 19.3. The predicted octanol–water partition coefficient (Wildman–Crippen LogP) is 1.43. The minimum atomic E-state index is -1.23. The number of esters is 1. The van der Waals surface area contributed by atoms with E-state index in [-0.39, 0.29) is 11.8 Å². The molecular weight excluding hydrogens is 346 g/mol. The molecule has 0 bridgehead atoms. The summed E-state index contributed by atoms with van der Waals surface area (Å²) in [7, 11) is 2.77. The largest absolute Gasteiger partial charge is 0.468 e. The first-order chi connectivity index (χ1) is 12.9. The molecule has 0 radical (unpaired) electrons. The number of ether oxygens (including phenoxy) is 1. The van der Waals surface area contributed by atoms with E-state index < -0.39 is 29.4 Å². The van der Waals surface area contributed by atoms with Gasteiger partial charge in [-0.25, -0.2) is 0 Å². The van der Waals surface area contributed by atoms with Crippen LogP contribution in [0.15, 0.2) is 36.5 Å². The summed E-state index contributed by atoms with van der Waals surface area (Å²) in [6, 6.07) is 9.14. The van der Waals surface area contributed by atoms with Crippen molar-refractivity contribution in [1.82, 2.24) is 15.2 Å². The van der Waals surface area contributed by atoms with Crippen LogP contribution in [0.1, 0.15) is 24.9 Å². The zero-order valence-electron chi connectivity index (χ0n) is 15.4. The maximum Gasteiger partial charge on any atom is 0.326 e. The molecule has 4 atom stereocenters. The van der Waals surface area contributed by atoms with E-state index in [0.29, 0.717) is 6.42 Å². The first-order valence-electron chi connectivity index (χ1n) is 8.97. The second-order valence-electron chi connectivity index (χ2n) is 7.14. The SMILES string of the molecule is CC[C@@]1(C(=O)OC)N[C@H](c2cnc3ccccc3c2)[C@@H]2C(=O)N(C)C(=O)[C@@H]21. The van der Waals surface area contributed by atoms with Crippen molar-refractivity contribution in [2.45, 2.75) is 24.9 Å². The number of nitrogens with one attached hydrogen (secondary N) is 1. The van der Waals surface area contributed by atoms with Gasteiger partial charge in [0.25, 0.3) is 0 Å². The number of aromatic nitrogens is 1. The number of hydrogen-bond donors (Lipinski definition) is 1. The van der Waals surface area contributed by atoms with Gasteiger partial charge >= 0.3 is 5.97 Å². The topological polar surface area (TPSA) is 88.6 Å². The highest BCUT2D eigenvalue weighted by atomic mass is 16.5. The molecule has 140 valence electrons. The lowest BCUT2D eigenvalue weighted by atomic mass is 9.78. The van der Waals surface area contributed by atoms with Crippen molar-refractivity contribution in [3.8, 4) is 0 Å².